The van der Waals surface area contributed by atoms with E-state index in [2.05, 4.69) is 44.8 Å². The van der Waals surface area contributed by atoms with Crippen molar-refractivity contribution < 1.29 is 22.7 Å². The number of hydrogen-bond acceptors (Lipinski definition) is 8. The van der Waals surface area contributed by atoms with Crippen LogP contribution >= 0.6 is 11.8 Å². The summed E-state index contributed by atoms with van der Waals surface area (Å²) >= 11 is 1.32. The third-order valence-electron chi connectivity index (χ3n) is 7.53. The summed E-state index contributed by atoms with van der Waals surface area (Å²) in [4.78, 5) is 13.1. The Kier molecular flexibility index (Phi) is 10.1. The third-order valence-corrected chi connectivity index (χ3v) is 10.4. The molecule has 0 amide bonds. The van der Waals surface area contributed by atoms with Crippen LogP contribution in [0.25, 0.3) is 11.4 Å². The minimum absolute atomic E-state index is 0.0397. The third kappa shape index (κ3) is 7.42. The number of morpholine rings is 1. The molecule has 1 aromatic heterocycles. The minimum Gasteiger partial charge on any atom is -0.461 e. The van der Waals surface area contributed by atoms with Crippen LogP contribution in [0.3, 0.4) is 0 Å². The molecular weight excluding hydrogens is 536 g/mol. The highest BCUT2D eigenvalue weighted by Crippen LogP contribution is 2.36. The van der Waals surface area contributed by atoms with Gasteiger partial charge in [0.05, 0.1) is 23.9 Å². The van der Waals surface area contributed by atoms with Crippen molar-refractivity contribution in [2.45, 2.75) is 76.6 Å². The standard InChI is InChI=1S/C28H42N4O5S2/c1-19(2)17-32-27(22-7-6-8-23(16-22)39(34,35)31-11-13-36-14-12-31)29-30-28(32)38-18-26(33)37-25-15-21(5)9-10-24(25)20(3)4/h6-8,16,19-21,24-25H,9-15,17-18H2,1-5H3/t21-,24+,25-/m1/s1. The molecule has 2 aromatic rings. The maximum absolute atomic E-state index is 13.2. The van der Waals surface area contributed by atoms with E-state index in [-0.39, 0.29) is 22.7 Å². The van der Waals surface area contributed by atoms with E-state index >= 15 is 0 Å². The van der Waals surface area contributed by atoms with E-state index in [0.29, 0.717) is 73.1 Å². The van der Waals surface area contributed by atoms with Gasteiger partial charge in [0.25, 0.3) is 0 Å². The lowest BCUT2D eigenvalue weighted by Crippen LogP contribution is -2.40. The molecule has 0 spiro atoms. The van der Waals surface area contributed by atoms with Gasteiger partial charge in [-0.25, -0.2) is 8.42 Å². The van der Waals surface area contributed by atoms with Crippen LogP contribution in [-0.2, 0) is 30.8 Å². The van der Waals surface area contributed by atoms with Crippen molar-refractivity contribution in [3.05, 3.63) is 24.3 Å². The summed E-state index contributed by atoms with van der Waals surface area (Å²) in [5.74, 6) is 2.22. The highest BCUT2D eigenvalue weighted by Gasteiger charge is 2.33. The first-order valence-corrected chi connectivity index (χ1v) is 16.4. The van der Waals surface area contributed by atoms with Crippen LogP contribution in [-0.4, -0.2) is 71.6 Å². The molecule has 1 saturated heterocycles. The average Bonchev–Trinajstić information content (AvgIpc) is 3.29. The molecule has 1 aliphatic heterocycles. The Labute approximate surface area is 237 Å². The number of ether oxygens (including phenoxy) is 2. The minimum atomic E-state index is -3.64. The van der Waals surface area contributed by atoms with Gasteiger partial charge in [-0.05, 0) is 48.6 Å². The smallest absolute Gasteiger partial charge is 0.316 e. The van der Waals surface area contributed by atoms with E-state index in [1.54, 1.807) is 18.2 Å². The summed E-state index contributed by atoms with van der Waals surface area (Å²) < 4.78 is 41.2. The van der Waals surface area contributed by atoms with E-state index in [4.69, 9.17) is 9.47 Å². The van der Waals surface area contributed by atoms with Crippen LogP contribution < -0.4 is 0 Å². The molecule has 2 aliphatic rings. The summed E-state index contributed by atoms with van der Waals surface area (Å²) in [6.07, 6.45) is 3.15. The Bertz CT molecular complexity index is 1220. The highest BCUT2D eigenvalue weighted by molar-refractivity contribution is 7.99. The van der Waals surface area contributed by atoms with Crippen LogP contribution in [0.2, 0.25) is 0 Å². The first-order valence-electron chi connectivity index (χ1n) is 14.0. The van der Waals surface area contributed by atoms with Gasteiger partial charge in [0.2, 0.25) is 10.0 Å². The second kappa shape index (κ2) is 13.1. The summed E-state index contributed by atoms with van der Waals surface area (Å²) in [5.41, 5.74) is 0.669. The lowest BCUT2D eigenvalue weighted by Gasteiger charge is -2.36. The second-order valence-corrected chi connectivity index (χ2v) is 14.4. The molecule has 2 heterocycles. The molecular formula is C28H42N4O5S2. The first-order chi connectivity index (χ1) is 18.6. The molecule has 1 aromatic carbocycles. The van der Waals surface area contributed by atoms with Crippen molar-refractivity contribution in [1.29, 1.82) is 0 Å². The Balaban J connectivity index is 1.51. The molecule has 0 radical (unpaired) electrons. The van der Waals surface area contributed by atoms with Gasteiger partial charge in [-0.3, -0.25) is 4.79 Å². The fourth-order valence-electron chi connectivity index (χ4n) is 5.45. The monoisotopic (exact) mass is 578 g/mol. The maximum atomic E-state index is 13.2. The molecule has 1 saturated carbocycles. The van der Waals surface area contributed by atoms with Crippen molar-refractivity contribution in [2.75, 3.05) is 32.1 Å². The Hall–Kier alpha value is -1.95. The van der Waals surface area contributed by atoms with E-state index < -0.39 is 10.0 Å². The van der Waals surface area contributed by atoms with Gasteiger partial charge in [0.15, 0.2) is 11.0 Å². The Morgan fingerprint density at radius 3 is 2.59 bits per heavy atom. The average molecular weight is 579 g/mol. The molecule has 0 bridgehead atoms. The SMILES string of the molecule is CC(C)Cn1c(SCC(=O)O[C@@H]2C[C@H](C)CC[C@H]2C(C)C)nnc1-c1cccc(S(=O)(=O)N2CCOCC2)c1. The molecule has 1 aliphatic carbocycles. The molecule has 9 nitrogen and oxygen atoms in total. The Morgan fingerprint density at radius 1 is 1.15 bits per heavy atom. The van der Waals surface area contributed by atoms with Gasteiger partial charge >= 0.3 is 5.97 Å². The lowest BCUT2D eigenvalue weighted by atomic mass is 9.75. The van der Waals surface area contributed by atoms with Crippen LogP contribution in [0.4, 0.5) is 0 Å². The molecule has 0 unspecified atom stereocenters. The normalized spacial score (nSPS) is 22.9. The van der Waals surface area contributed by atoms with E-state index in [0.717, 1.165) is 12.8 Å². The number of carbonyl (C=O) groups is 1. The summed E-state index contributed by atoms with van der Waals surface area (Å²) in [7, 11) is -3.64. The zero-order valence-corrected chi connectivity index (χ0v) is 25.3. The van der Waals surface area contributed by atoms with Crippen molar-refractivity contribution in [2.24, 2.45) is 23.7 Å². The predicted molar refractivity (Wildman–Crippen MR) is 152 cm³/mol. The summed E-state index contributed by atoms with van der Waals surface area (Å²) in [6, 6.07) is 6.85. The molecule has 11 heteroatoms. The number of carbonyl (C=O) groups excluding carboxylic acids is 1. The zero-order valence-electron chi connectivity index (χ0n) is 23.7. The lowest BCUT2D eigenvalue weighted by molar-refractivity contribution is -0.152. The summed E-state index contributed by atoms with van der Waals surface area (Å²) in [6.45, 7) is 12.9. The first kappa shape index (κ1) is 30.0. The Morgan fingerprint density at radius 2 is 1.90 bits per heavy atom. The summed E-state index contributed by atoms with van der Waals surface area (Å²) in [5, 5.41) is 9.44. The van der Waals surface area contributed by atoms with Gasteiger partial charge in [-0.15, -0.1) is 10.2 Å². The highest BCUT2D eigenvalue weighted by atomic mass is 32.2. The van der Waals surface area contributed by atoms with Gasteiger partial charge in [0.1, 0.15) is 6.10 Å². The van der Waals surface area contributed by atoms with Crippen molar-refractivity contribution in [3.63, 3.8) is 0 Å². The number of sulfonamides is 1. The van der Waals surface area contributed by atoms with Crippen LogP contribution in [0.5, 0.6) is 0 Å². The number of thioether (sulfide) groups is 1. The number of benzene rings is 1. The van der Waals surface area contributed by atoms with Gasteiger partial charge < -0.3 is 14.0 Å². The topological polar surface area (TPSA) is 104 Å². The number of esters is 1. The number of rotatable bonds is 10. The van der Waals surface area contributed by atoms with Crippen LogP contribution in [0.1, 0.15) is 53.9 Å². The largest absolute Gasteiger partial charge is 0.461 e. The molecule has 3 atom stereocenters. The van der Waals surface area contributed by atoms with Gasteiger partial charge in [-0.2, -0.15) is 4.31 Å². The van der Waals surface area contributed by atoms with Gasteiger partial charge in [0, 0.05) is 25.2 Å². The molecule has 2 fully saturated rings. The predicted octanol–water partition coefficient (Wildman–Crippen LogP) is 4.72. The quantitative estimate of drug-likeness (QED) is 0.295. The van der Waals surface area contributed by atoms with E-state index in [9.17, 15) is 13.2 Å². The maximum Gasteiger partial charge on any atom is 0.316 e. The number of nitrogens with zero attached hydrogens (tertiary/aromatic N) is 4. The fourth-order valence-corrected chi connectivity index (χ4v) is 7.63. The van der Waals surface area contributed by atoms with Crippen molar-refractivity contribution >= 4 is 27.8 Å². The van der Waals surface area contributed by atoms with E-state index in [1.165, 1.54) is 22.5 Å². The molecule has 216 valence electrons. The molecule has 39 heavy (non-hydrogen) atoms. The van der Waals surface area contributed by atoms with Crippen LogP contribution in [0, 0.1) is 23.7 Å². The molecule has 0 N–H and O–H groups in total. The number of hydrogen-bond donors (Lipinski definition) is 0. The second-order valence-electron chi connectivity index (χ2n) is 11.5. The zero-order chi connectivity index (χ0) is 28.2. The van der Waals surface area contributed by atoms with Gasteiger partial charge in [-0.1, -0.05) is 64.9 Å². The van der Waals surface area contributed by atoms with Crippen molar-refractivity contribution in [1.82, 2.24) is 19.1 Å². The van der Waals surface area contributed by atoms with Crippen molar-refractivity contribution in [3.8, 4) is 11.4 Å². The van der Waals surface area contributed by atoms with E-state index in [1.807, 2.05) is 10.6 Å². The fraction of sp³-hybridized carbons (Fsp3) is 0.679. The molecule has 4 rings (SSSR count). The van der Waals surface area contributed by atoms with Crippen LogP contribution in [0.15, 0.2) is 34.3 Å². The number of aromatic nitrogens is 3.